The van der Waals surface area contributed by atoms with Crippen LogP contribution in [-0.4, -0.2) is 20.6 Å². The maximum atomic E-state index is 10.7. The van der Waals surface area contributed by atoms with Crippen LogP contribution >= 0.6 is 0 Å². The van der Waals surface area contributed by atoms with Crippen molar-refractivity contribution < 1.29 is 14.3 Å². The van der Waals surface area contributed by atoms with Crippen molar-refractivity contribution in [1.82, 2.24) is 9.55 Å². The third kappa shape index (κ3) is 2.55. The first-order chi connectivity index (χ1) is 8.20. The monoisotopic (exact) mass is 234 g/mol. The molecule has 5 heteroatoms. The quantitative estimate of drug-likeness (QED) is 0.860. The number of nitrogens with zero attached hydrogens (tertiary/aromatic N) is 2. The number of imidazole rings is 1. The van der Waals surface area contributed by atoms with Gasteiger partial charge >= 0.3 is 5.97 Å². The predicted octanol–water partition coefficient (Wildman–Crippen LogP) is 2.18. The van der Waals surface area contributed by atoms with Gasteiger partial charge in [-0.2, -0.15) is 0 Å². The van der Waals surface area contributed by atoms with Crippen LogP contribution in [0.2, 0.25) is 0 Å². The molecule has 0 bridgehead atoms. The third-order valence-electron chi connectivity index (χ3n) is 2.50. The van der Waals surface area contributed by atoms with Gasteiger partial charge in [-0.15, -0.1) is 0 Å². The van der Waals surface area contributed by atoms with Crippen LogP contribution in [0.5, 0.6) is 0 Å². The maximum absolute atomic E-state index is 10.7. The molecule has 0 saturated carbocycles. The van der Waals surface area contributed by atoms with Gasteiger partial charge in [-0.1, -0.05) is 6.92 Å². The van der Waals surface area contributed by atoms with Crippen molar-refractivity contribution in [1.29, 1.82) is 0 Å². The fraction of sp³-hybridized carbons (Fsp3) is 0.333. The van der Waals surface area contributed by atoms with Crippen LogP contribution in [-0.2, 0) is 13.0 Å². The minimum absolute atomic E-state index is 0.178. The summed E-state index contributed by atoms with van der Waals surface area (Å²) in [6, 6.07) is 1.54. The normalized spacial score (nSPS) is 10.6. The van der Waals surface area contributed by atoms with E-state index in [4.69, 9.17) is 9.52 Å². The summed E-state index contributed by atoms with van der Waals surface area (Å²) in [5.74, 6) is 0.637. The summed E-state index contributed by atoms with van der Waals surface area (Å²) in [4.78, 5) is 15.0. The molecule has 2 aromatic rings. The molecule has 0 aliphatic rings. The average molecular weight is 234 g/mol. The van der Waals surface area contributed by atoms with E-state index in [1.165, 1.54) is 12.3 Å². The van der Waals surface area contributed by atoms with E-state index in [-0.39, 0.29) is 5.56 Å². The Hall–Kier alpha value is -2.04. The molecule has 1 N–H and O–H groups in total. The summed E-state index contributed by atoms with van der Waals surface area (Å²) >= 11 is 0. The van der Waals surface area contributed by atoms with E-state index in [0.29, 0.717) is 12.3 Å². The van der Waals surface area contributed by atoms with Gasteiger partial charge in [-0.25, -0.2) is 9.78 Å². The summed E-state index contributed by atoms with van der Waals surface area (Å²) in [5, 5.41) is 8.78. The highest BCUT2D eigenvalue weighted by molar-refractivity contribution is 5.87. The molecule has 0 amide bonds. The Kier molecular flexibility index (Phi) is 3.27. The number of furan rings is 1. The molecular weight excluding hydrogens is 220 g/mol. The van der Waals surface area contributed by atoms with Crippen LogP contribution in [0.25, 0.3) is 0 Å². The molecule has 2 heterocycles. The Morgan fingerprint density at radius 3 is 3.06 bits per heavy atom. The second-order valence-corrected chi connectivity index (χ2v) is 3.83. The molecule has 0 fully saturated rings. The van der Waals surface area contributed by atoms with Crippen LogP contribution in [0.15, 0.2) is 29.1 Å². The molecule has 5 nitrogen and oxygen atoms in total. The van der Waals surface area contributed by atoms with Crippen LogP contribution < -0.4 is 0 Å². The van der Waals surface area contributed by atoms with Gasteiger partial charge < -0.3 is 14.1 Å². The molecule has 0 aliphatic carbocycles. The molecule has 0 unspecified atom stereocenters. The Morgan fingerprint density at radius 1 is 1.59 bits per heavy atom. The van der Waals surface area contributed by atoms with Crippen molar-refractivity contribution in [2.75, 3.05) is 0 Å². The smallest absolute Gasteiger partial charge is 0.338 e. The van der Waals surface area contributed by atoms with Gasteiger partial charge in [0.2, 0.25) is 0 Å². The summed E-state index contributed by atoms with van der Waals surface area (Å²) in [7, 11) is 0. The summed E-state index contributed by atoms with van der Waals surface area (Å²) < 4.78 is 7.17. The standard InChI is InChI=1S/C12H14N2O3/c1-2-3-11-13-4-5-14(11)7-10-6-9(8-17-10)12(15)16/h4-6,8H,2-3,7H2,1H3,(H,15,16). The average Bonchev–Trinajstić information content (AvgIpc) is 2.90. The van der Waals surface area contributed by atoms with E-state index in [1.54, 1.807) is 6.20 Å². The van der Waals surface area contributed by atoms with Crippen molar-refractivity contribution in [2.45, 2.75) is 26.3 Å². The van der Waals surface area contributed by atoms with Crippen molar-refractivity contribution in [3.8, 4) is 0 Å². The number of rotatable bonds is 5. The first kappa shape index (κ1) is 11.4. The van der Waals surface area contributed by atoms with Gasteiger partial charge in [0.05, 0.1) is 12.1 Å². The van der Waals surface area contributed by atoms with Gasteiger partial charge in [-0.05, 0) is 12.5 Å². The Bertz CT molecular complexity index is 513. The Labute approximate surface area is 98.7 Å². The number of aromatic carboxylic acids is 1. The number of hydrogen-bond acceptors (Lipinski definition) is 3. The van der Waals surface area contributed by atoms with Crippen molar-refractivity contribution in [3.05, 3.63) is 41.9 Å². The lowest BCUT2D eigenvalue weighted by atomic mass is 10.3. The fourth-order valence-corrected chi connectivity index (χ4v) is 1.68. The number of carboxylic acids is 1. The largest absolute Gasteiger partial charge is 0.478 e. The Morgan fingerprint density at radius 2 is 2.41 bits per heavy atom. The lowest BCUT2D eigenvalue weighted by molar-refractivity contribution is 0.0696. The zero-order valence-electron chi connectivity index (χ0n) is 9.59. The highest BCUT2D eigenvalue weighted by atomic mass is 16.4. The van der Waals surface area contributed by atoms with Gasteiger partial charge in [-0.3, -0.25) is 0 Å². The van der Waals surface area contributed by atoms with Crippen molar-refractivity contribution >= 4 is 5.97 Å². The van der Waals surface area contributed by atoms with Crippen molar-refractivity contribution in [2.24, 2.45) is 0 Å². The topological polar surface area (TPSA) is 68.3 Å². The van der Waals surface area contributed by atoms with Crippen molar-refractivity contribution in [3.63, 3.8) is 0 Å². The summed E-state index contributed by atoms with van der Waals surface area (Å²) in [5.41, 5.74) is 0.178. The molecule has 90 valence electrons. The van der Waals surface area contributed by atoms with Crippen LogP contribution in [0.4, 0.5) is 0 Å². The van der Waals surface area contributed by atoms with E-state index in [1.807, 2.05) is 10.8 Å². The number of carboxylic acid groups (broad SMARTS) is 1. The first-order valence-corrected chi connectivity index (χ1v) is 5.51. The molecule has 2 aromatic heterocycles. The van der Waals surface area contributed by atoms with Gasteiger partial charge in [0.25, 0.3) is 0 Å². The van der Waals surface area contributed by atoms with Gasteiger partial charge in [0.15, 0.2) is 0 Å². The molecule has 0 spiro atoms. The van der Waals surface area contributed by atoms with Crippen LogP contribution in [0, 0.1) is 0 Å². The lowest BCUT2D eigenvalue weighted by Crippen LogP contribution is -2.03. The molecule has 0 saturated heterocycles. The lowest BCUT2D eigenvalue weighted by Gasteiger charge is -2.04. The maximum Gasteiger partial charge on any atom is 0.338 e. The molecule has 0 aromatic carbocycles. The summed E-state index contributed by atoms with van der Waals surface area (Å²) in [6.45, 7) is 2.61. The van der Waals surface area contributed by atoms with Crippen LogP contribution in [0.1, 0.15) is 35.3 Å². The first-order valence-electron chi connectivity index (χ1n) is 5.51. The number of hydrogen-bond donors (Lipinski definition) is 1. The molecule has 17 heavy (non-hydrogen) atoms. The van der Waals surface area contributed by atoms with E-state index in [9.17, 15) is 4.79 Å². The van der Waals surface area contributed by atoms with E-state index < -0.39 is 5.97 Å². The zero-order valence-corrected chi connectivity index (χ0v) is 9.59. The molecule has 0 atom stereocenters. The number of carbonyl (C=O) groups is 1. The molecule has 0 radical (unpaired) electrons. The second-order valence-electron chi connectivity index (χ2n) is 3.83. The SMILES string of the molecule is CCCc1nccn1Cc1cc(C(=O)O)co1. The minimum Gasteiger partial charge on any atom is -0.478 e. The van der Waals surface area contributed by atoms with Gasteiger partial charge in [0, 0.05) is 18.8 Å². The minimum atomic E-state index is -0.973. The van der Waals surface area contributed by atoms with Gasteiger partial charge in [0.1, 0.15) is 17.8 Å². The molecular formula is C12H14N2O3. The number of aryl methyl sites for hydroxylation is 1. The highest BCUT2D eigenvalue weighted by Gasteiger charge is 2.10. The highest BCUT2D eigenvalue weighted by Crippen LogP contribution is 2.11. The predicted molar refractivity (Wildman–Crippen MR) is 61.0 cm³/mol. The second kappa shape index (κ2) is 4.86. The third-order valence-corrected chi connectivity index (χ3v) is 2.50. The molecule has 0 aliphatic heterocycles. The van der Waals surface area contributed by atoms with E-state index in [2.05, 4.69) is 11.9 Å². The fourth-order valence-electron chi connectivity index (χ4n) is 1.68. The number of aromatic nitrogens is 2. The zero-order chi connectivity index (χ0) is 12.3. The molecule has 2 rings (SSSR count). The summed E-state index contributed by atoms with van der Waals surface area (Å²) in [6.07, 6.45) is 6.79. The van der Waals surface area contributed by atoms with E-state index >= 15 is 0 Å². The van der Waals surface area contributed by atoms with Crippen LogP contribution in [0.3, 0.4) is 0 Å². The van der Waals surface area contributed by atoms with E-state index in [0.717, 1.165) is 18.7 Å². The Balaban J connectivity index is 2.13.